The van der Waals surface area contributed by atoms with Gasteiger partial charge in [-0.25, -0.2) is 19.3 Å². The predicted octanol–water partition coefficient (Wildman–Crippen LogP) is 6.61. The molecule has 0 bridgehead atoms. The molecule has 5 N–H and O–H groups in total. The molecule has 0 spiro atoms. The van der Waals surface area contributed by atoms with Crippen LogP contribution in [-0.4, -0.2) is 48.8 Å². The summed E-state index contributed by atoms with van der Waals surface area (Å²) >= 11 is 0. The Kier molecular flexibility index (Phi) is 7.59. The highest BCUT2D eigenvalue weighted by Crippen LogP contribution is 2.35. The van der Waals surface area contributed by atoms with Gasteiger partial charge >= 0.3 is 0 Å². The van der Waals surface area contributed by atoms with Crippen molar-refractivity contribution >= 4 is 16.8 Å². The minimum Gasteiger partial charge on any atom is -0.341 e. The molecular weight excluding hydrogens is 591 g/mol. The van der Waals surface area contributed by atoms with Crippen LogP contribution in [0.15, 0.2) is 91.3 Å². The van der Waals surface area contributed by atoms with E-state index in [1.165, 1.54) is 6.07 Å². The van der Waals surface area contributed by atoms with Crippen LogP contribution in [-0.2, 0) is 4.79 Å². The number of carbonyl (C=O) groups is 1. The van der Waals surface area contributed by atoms with Crippen molar-refractivity contribution in [3.05, 3.63) is 114 Å². The van der Waals surface area contributed by atoms with Crippen LogP contribution < -0.4 is 11.1 Å². The second-order valence-corrected chi connectivity index (χ2v) is 12.4. The van der Waals surface area contributed by atoms with E-state index >= 15 is 4.39 Å². The Hall–Kier alpha value is -5.19. The summed E-state index contributed by atoms with van der Waals surface area (Å²) < 4.78 is 15.6. The largest absolute Gasteiger partial charge is 0.341 e. The van der Waals surface area contributed by atoms with E-state index in [2.05, 4.69) is 31.3 Å². The van der Waals surface area contributed by atoms with Crippen molar-refractivity contribution < 1.29 is 9.18 Å². The van der Waals surface area contributed by atoms with Crippen molar-refractivity contribution in [1.82, 2.24) is 35.1 Å². The summed E-state index contributed by atoms with van der Waals surface area (Å²) in [6.45, 7) is 1.64. The van der Waals surface area contributed by atoms with Crippen LogP contribution in [0.4, 0.5) is 4.39 Å². The highest BCUT2D eigenvalue weighted by molar-refractivity contribution is 5.86. The molecule has 2 aliphatic rings. The van der Waals surface area contributed by atoms with E-state index in [-0.39, 0.29) is 23.8 Å². The first-order chi connectivity index (χ1) is 23.0. The van der Waals surface area contributed by atoms with Gasteiger partial charge in [-0.05, 0) is 68.1 Å². The van der Waals surface area contributed by atoms with E-state index < -0.39 is 6.04 Å². The number of nitrogens with two attached hydrogens (primary N) is 1. The Morgan fingerprint density at radius 2 is 1.64 bits per heavy atom. The van der Waals surface area contributed by atoms with Crippen molar-refractivity contribution in [2.75, 3.05) is 13.1 Å². The molecule has 10 heteroatoms. The number of rotatable bonds is 7. The maximum atomic E-state index is 15.6. The first kappa shape index (κ1) is 29.2. The van der Waals surface area contributed by atoms with E-state index in [1.54, 1.807) is 17.2 Å². The summed E-state index contributed by atoms with van der Waals surface area (Å²) in [4.78, 5) is 35.9. The van der Waals surface area contributed by atoms with Crippen molar-refractivity contribution in [3.63, 3.8) is 0 Å². The fraction of sp³-hybridized carbons (Fsp3) is 0.243. The molecule has 8 rings (SSSR count). The van der Waals surface area contributed by atoms with Gasteiger partial charge in [-0.2, -0.15) is 0 Å². The van der Waals surface area contributed by atoms with Crippen LogP contribution >= 0.6 is 0 Å². The molecule has 0 saturated carbocycles. The smallest absolute Gasteiger partial charge is 0.244 e. The molecule has 2 aliphatic heterocycles. The summed E-state index contributed by atoms with van der Waals surface area (Å²) in [6, 6.07) is 23.7. The number of halogens is 1. The zero-order valence-electron chi connectivity index (χ0n) is 25.8. The topological polar surface area (TPSA) is 129 Å². The molecule has 0 aliphatic carbocycles. The standard InChI is InChI=1S/C37H35FN8O/c38-27-19-25(32-21-42-36(45-32)33-9-5-17-46(33)37(47)34(39)22-6-2-1-3-7-22)10-13-26(27)29-15-12-23-18-24(11-14-28(23)43-29)31-20-41-35(44-31)30-8-4-16-40-30/h1-3,6-7,10-15,18-21,30,33-34,40H,4-5,8-9,16-17,39H2,(H,41,44)(H,42,45)/t30-,33-,34+/m0/s1. The third-order valence-electron chi connectivity index (χ3n) is 9.41. The van der Waals surface area contributed by atoms with Crippen molar-refractivity contribution in [2.24, 2.45) is 5.73 Å². The summed E-state index contributed by atoms with van der Waals surface area (Å²) in [7, 11) is 0. The predicted molar refractivity (Wildman–Crippen MR) is 179 cm³/mol. The Labute approximate surface area is 271 Å². The number of nitrogens with zero attached hydrogens (tertiary/aromatic N) is 4. The molecule has 3 aromatic carbocycles. The molecule has 0 unspecified atom stereocenters. The third kappa shape index (κ3) is 5.60. The van der Waals surface area contributed by atoms with Crippen molar-refractivity contribution in [3.8, 4) is 33.8 Å². The monoisotopic (exact) mass is 626 g/mol. The van der Waals surface area contributed by atoms with Gasteiger partial charge in [-0.3, -0.25) is 4.79 Å². The van der Waals surface area contributed by atoms with Gasteiger partial charge in [0.05, 0.1) is 47.1 Å². The zero-order valence-corrected chi connectivity index (χ0v) is 25.8. The number of carbonyl (C=O) groups excluding carboxylic acids is 1. The minimum atomic E-state index is -0.734. The molecule has 47 heavy (non-hydrogen) atoms. The Morgan fingerprint density at radius 1 is 0.872 bits per heavy atom. The lowest BCUT2D eigenvalue weighted by Crippen LogP contribution is -2.38. The Morgan fingerprint density at radius 3 is 2.43 bits per heavy atom. The van der Waals surface area contributed by atoms with E-state index in [0.717, 1.165) is 65.8 Å². The molecule has 236 valence electrons. The molecule has 2 saturated heterocycles. The van der Waals surface area contributed by atoms with E-state index in [0.29, 0.717) is 34.9 Å². The molecule has 2 fully saturated rings. The highest BCUT2D eigenvalue weighted by Gasteiger charge is 2.35. The van der Waals surface area contributed by atoms with Gasteiger partial charge in [0.2, 0.25) is 5.91 Å². The van der Waals surface area contributed by atoms with E-state index in [4.69, 9.17) is 10.7 Å². The maximum Gasteiger partial charge on any atom is 0.244 e. The van der Waals surface area contributed by atoms with E-state index in [9.17, 15) is 4.79 Å². The summed E-state index contributed by atoms with van der Waals surface area (Å²) in [5, 5.41) is 4.44. The van der Waals surface area contributed by atoms with Gasteiger partial charge in [0.15, 0.2) is 0 Å². The lowest BCUT2D eigenvalue weighted by atomic mass is 10.0. The molecule has 1 amide bonds. The molecule has 3 aromatic heterocycles. The molecule has 9 nitrogen and oxygen atoms in total. The normalized spacial score (nSPS) is 18.6. The van der Waals surface area contributed by atoms with Crippen molar-refractivity contribution in [2.45, 2.75) is 43.8 Å². The van der Waals surface area contributed by atoms with Gasteiger partial charge in [-0.1, -0.05) is 48.5 Å². The number of hydrogen-bond acceptors (Lipinski definition) is 6. The number of H-pyrrole nitrogens is 2. The van der Waals surface area contributed by atoms with Crippen LogP contribution in [0.25, 0.3) is 44.7 Å². The number of aromatic nitrogens is 5. The van der Waals surface area contributed by atoms with Gasteiger partial charge in [0, 0.05) is 28.6 Å². The fourth-order valence-corrected chi connectivity index (χ4v) is 6.86. The van der Waals surface area contributed by atoms with Gasteiger partial charge < -0.3 is 25.9 Å². The minimum absolute atomic E-state index is 0.126. The number of pyridine rings is 1. The van der Waals surface area contributed by atoms with Crippen LogP contribution in [0.3, 0.4) is 0 Å². The zero-order chi connectivity index (χ0) is 31.9. The van der Waals surface area contributed by atoms with Gasteiger partial charge in [-0.15, -0.1) is 0 Å². The first-order valence-corrected chi connectivity index (χ1v) is 16.2. The van der Waals surface area contributed by atoms with Crippen LogP contribution in [0, 0.1) is 5.82 Å². The number of hydrogen-bond donors (Lipinski definition) is 4. The molecule has 5 heterocycles. The van der Waals surface area contributed by atoms with Crippen molar-refractivity contribution in [1.29, 1.82) is 0 Å². The number of fused-ring (bicyclic) bond motifs is 1. The SMILES string of the molecule is N[C@@H](C(=O)N1CCC[C@H]1c1ncc(-c2ccc(-c3ccc4cc(-c5cnc([C@@H]6CCCN6)[nH]5)ccc4n3)c(F)c2)[nH]1)c1ccccc1. The average Bonchev–Trinajstić information content (AvgIpc) is 3.94. The number of amides is 1. The maximum absolute atomic E-state index is 15.6. The van der Waals surface area contributed by atoms with Crippen LogP contribution in [0.5, 0.6) is 0 Å². The molecular formula is C37H35FN8O. The third-order valence-corrected chi connectivity index (χ3v) is 9.41. The first-order valence-electron chi connectivity index (χ1n) is 16.2. The lowest BCUT2D eigenvalue weighted by molar-refractivity contribution is -0.133. The molecule has 0 radical (unpaired) electrons. The Bertz CT molecular complexity index is 2070. The summed E-state index contributed by atoms with van der Waals surface area (Å²) in [5.41, 5.74) is 12.2. The average molecular weight is 627 g/mol. The van der Waals surface area contributed by atoms with Gasteiger partial charge in [0.1, 0.15) is 23.5 Å². The number of aromatic amines is 2. The molecule has 3 atom stereocenters. The van der Waals surface area contributed by atoms with Crippen LogP contribution in [0.2, 0.25) is 0 Å². The second kappa shape index (κ2) is 12.2. The van der Waals surface area contributed by atoms with Crippen LogP contribution in [0.1, 0.15) is 61.0 Å². The summed E-state index contributed by atoms with van der Waals surface area (Å²) in [6.07, 6.45) is 7.46. The Balaban J connectivity index is 0.994. The fourth-order valence-electron chi connectivity index (χ4n) is 6.86. The quantitative estimate of drug-likeness (QED) is 0.158. The lowest BCUT2D eigenvalue weighted by Gasteiger charge is -2.26. The molecule has 6 aromatic rings. The highest BCUT2D eigenvalue weighted by atomic mass is 19.1. The second-order valence-electron chi connectivity index (χ2n) is 12.4. The van der Waals surface area contributed by atoms with Gasteiger partial charge in [0.25, 0.3) is 0 Å². The number of likely N-dealkylation sites (tertiary alicyclic amines) is 1. The number of imidazole rings is 2. The number of benzene rings is 3. The summed E-state index contributed by atoms with van der Waals surface area (Å²) in [5.74, 6) is 1.14. The number of nitrogens with one attached hydrogen (secondary N) is 3. The van der Waals surface area contributed by atoms with E-state index in [1.807, 2.05) is 66.9 Å².